The van der Waals surface area contributed by atoms with E-state index in [-0.39, 0.29) is 18.5 Å². The molecule has 2 aliphatic heterocycles. The van der Waals surface area contributed by atoms with E-state index in [0.717, 1.165) is 18.4 Å². The van der Waals surface area contributed by atoms with E-state index in [1.54, 1.807) is 11.9 Å². The highest BCUT2D eigenvalue weighted by molar-refractivity contribution is 7.89. The van der Waals surface area contributed by atoms with E-state index >= 15 is 0 Å². The number of ether oxygens (including phenoxy) is 2. The van der Waals surface area contributed by atoms with Gasteiger partial charge >= 0.3 is 0 Å². The molecule has 144 valence electrons. The summed E-state index contributed by atoms with van der Waals surface area (Å²) in [5.74, 6) is 1.31. The first-order valence-electron chi connectivity index (χ1n) is 9.05. The number of carbonyl (C=O) groups is 1. The van der Waals surface area contributed by atoms with Crippen LogP contribution in [0, 0.1) is 0 Å². The number of rotatable bonds is 6. The summed E-state index contributed by atoms with van der Waals surface area (Å²) in [5.41, 5.74) is 0.920. The predicted molar refractivity (Wildman–Crippen MR) is 97.5 cm³/mol. The van der Waals surface area contributed by atoms with Gasteiger partial charge in [0.1, 0.15) is 6.04 Å². The molecule has 0 bridgehead atoms. The van der Waals surface area contributed by atoms with Crippen molar-refractivity contribution >= 4 is 15.9 Å². The molecule has 0 N–H and O–H groups in total. The zero-order chi connectivity index (χ0) is 18.7. The number of hydrogen-bond donors (Lipinski definition) is 0. The van der Waals surface area contributed by atoms with Gasteiger partial charge in [0.15, 0.2) is 11.5 Å². The van der Waals surface area contributed by atoms with Gasteiger partial charge in [0.2, 0.25) is 22.7 Å². The molecule has 2 heterocycles. The molecule has 0 aromatic heterocycles. The third kappa shape index (κ3) is 3.96. The maximum absolute atomic E-state index is 13.0. The summed E-state index contributed by atoms with van der Waals surface area (Å²) in [6.45, 7) is 2.87. The molecule has 0 saturated carbocycles. The van der Waals surface area contributed by atoms with Crippen LogP contribution < -0.4 is 9.47 Å². The smallest absolute Gasteiger partial charge is 0.241 e. The molecular formula is C18H26N2O5S. The summed E-state index contributed by atoms with van der Waals surface area (Å²) in [6, 6.07) is 4.98. The highest BCUT2D eigenvalue weighted by Gasteiger charge is 2.37. The van der Waals surface area contributed by atoms with Crippen LogP contribution in [0.3, 0.4) is 0 Å². The van der Waals surface area contributed by atoms with Gasteiger partial charge in [-0.2, -0.15) is 4.31 Å². The van der Waals surface area contributed by atoms with Crippen molar-refractivity contribution in [2.75, 3.05) is 26.1 Å². The molecular weight excluding hydrogens is 356 g/mol. The van der Waals surface area contributed by atoms with Crippen LogP contribution in [-0.4, -0.2) is 55.7 Å². The normalized spacial score (nSPS) is 20.2. The van der Waals surface area contributed by atoms with Gasteiger partial charge in [-0.25, -0.2) is 8.42 Å². The molecule has 1 saturated heterocycles. The number of piperidine rings is 1. The monoisotopic (exact) mass is 382 g/mol. The molecule has 1 unspecified atom stereocenters. The fourth-order valence-electron chi connectivity index (χ4n) is 3.51. The first-order valence-corrected chi connectivity index (χ1v) is 10.7. The van der Waals surface area contributed by atoms with Crippen LogP contribution in [0.1, 0.15) is 38.2 Å². The molecule has 7 nitrogen and oxygen atoms in total. The lowest BCUT2D eigenvalue weighted by Gasteiger charge is -2.35. The SMILES string of the molecule is CCCS(=O)(=O)N1CCCCC1C(=O)N(C)Cc1ccc2c(c1)OCO2. The third-order valence-electron chi connectivity index (χ3n) is 4.79. The molecule has 0 aliphatic carbocycles. The lowest BCUT2D eigenvalue weighted by molar-refractivity contribution is -0.135. The molecule has 1 amide bonds. The van der Waals surface area contributed by atoms with Gasteiger partial charge in [-0.15, -0.1) is 0 Å². The van der Waals surface area contributed by atoms with Crippen LogP contribution in [0.5, 0.6) is 11.5 Å². The van der Waals surface area contributed by atoms with Gasteiger partial charge in [-0.05, 0) is 37.0 Å². The summed E-state index contributed by atoms with van der Waals surface area (Å²) in [6.07, 6.45) is 2.80. The predicted octanol–water partition coefficient (Wildman–Crippen LogP) is 1.97. The number of amides is 1. The van der Waals surface area contributed by atoms with Crippen LogP contribution in [0.2, 0.25) is 0 Å². The van der Waals surface area contributed by atoms with Crippen molar-refractivity contribution in [3.8, 4) is 11.5 Å². The summed E-state index contributed by atoms with van der Waals surface area (Å²) < 4.78 is 37.2. The fraction of sp³-hybridized carbons (Fsp3) is 0.611. The highest BCUT2D eigenvalue weighted by Crippen LogP contribution is 2.33. The van der Waals surface area contributed by atoms with Crippen LogP contribution >= 0.6 is 0 Å². The maximum atomic E-state index is 13.0. The molecule has 26 heavy (non-hydrogen) atoms. The van der Waals surface area contributed by atoms with Gasteiger partial charge in [-0.1, -0.05) is 19.4 Å². The number of carbonyl (C=O) groups excluding carboxylic acids is 1. The van der Waals surface area contributed by atoms with Gasteiger partial charge in [-0.3, -0.25) is 4.79 Å². The molecule has 3 rings (SSSR count). The van der Waals surface area contributed by atoms with E-state index in [1.807, 2.05) is 25.1 Å². The van der Waals surface area contributed by atoms with Crippen molar-refractivity contribution in [3.05, 3.63) is 23.8 Å². The number of hydrogen-bond acceptors (Lipinski definition) is 5. The Hall–Kier alpha value is -1.80. The first kappa shape index (κ1) is 19.0. The Morgan fingerprint density at radius 1 is 1.27 bits per heavy atom. The molecule has 1 aromatic rings. The molecule has 0 spiro atoms. The largest absolute Gasteiger partial charge is 0.454 e. The van der Waals surface area contributed by atoms with Crippen molar-refractivity contribution in [2.24, 2.45) is 0 Å². The zero-order valence-electron chi connectivity index (χ0n) is 15.3. The number of nitrogens with zero attached hydrogens (tertiary/aromatic N) is 2. The molecule has 8 heteroatoms. The topological polar surface area (TPSA) is 76.2 Å². The Bertz CT molecular complexity index is 765. The number of benzene rings is 1. The Kier molecular flexibility index (Phi) is 5.72. The summed E-state index contributed by atoms with van der Waals surface area (Å²) in [5, 5.41) is 0. The van der Waals surface area contributed by atoms with Crippen molar-refractivity contribution in [1.29, 1.82) is 0 Å². The van der Waals surface area contributed by atoms with Gasteiger partial charge in [0.25, 0.3) is 0 Å². The minimum absolute atomic E-state index is 0.0860. The van der Waals surface area contributed by atoms with E-state index in [4.69, 9.17) is 9.47 Å². The number of sulfonamides is 1. The minimum atomic E-state index is -3.39. The van der Waals surface area contributed by atoms with Crippen LogP contribution in [-0.2, 0) is 21.4 Å². The van der Waals surface area contributed by atoms with Crippen molar-refractivity contribution < 1.29 is 22.7 Å². The maximum Gasteiger partial charge on any atom is 0.241 e. The lowest BCUT2D eigenvalue weighted by atomic mass is 10.0. The number of fused-ring (bicyclic) bond motifs is 1. The molecule has 0 radical (unpaired) electrons. The Labute approximate surface area is 154 Å². The zero-order valence-corrected chi connectivity index (χ0v) is 16.1. The average Bonchev–Trinajstić information content (AvgIpc) is 3.08. The second-order valence-electron chi connectivity index (χ2n) is 6.82. The summed E-state index contributed by atoms with van der Waals surface area (Å²) in [4.78, 5) is 14.6. The van der Waals surface area contributed by atoms with E-state index in [2.05, 4.69) is 0 Å². The summed E-state index contributed by atoms with van der Waals surface area (Å²) >= 11 is 0. The standard InChI is InChI=1S/C18H26N2O5S/c1-3-10-26(22,23)20-9-5-4-6-15(20)18(21)19(2)12-14-7-8-16-17(11-14)25-13-24-16/h7-8,11,15H,3-6,9-10,12-13H2,1-2H3. The first-order chi connectivity index (χ1) is 12.4. The third-order valence-corrected chi connectivity index (χ3v) is 6.87. The van der Waals surface area contributed by atoms with Crippen LogP contribution in [0.4, 0.5) is 0 Å². The van der Waals surface area contributed by atoms with E-state index < -0.39 is 16.1 Å². The quantitative estimate of drug-likeness (QED) is 0.752. The van der Waals surface area contributed by atoms with E-state index in [0.29, 0.717) is 37.4 Å². The molecule has 1 atom stereocenters. The second kappa shape index (κ2) is 7.84. The van der Waals surface area contributed by atoms with Gasteiger partial charge < -0.3 is 14.4 Å². The molecule has 1 aromatic carbocycles. The van der Waals surface area contributed by atoms with Crippen molar-refractivity contribution in [3.63, 3.8) is 0 Å². The van der Waals surface area contributed by atoms with E-state index in [1.165, 1.54) is 4.31 Å². The minimum Gasteiger partial charge on any atom is -0.454 e. The van der Waals surface area contributed by atoms with Crippen molar-refractivity contribution in [1.82, 2.24) is 9.21 Å². The molecule has 1 fully saturated rings. The Balaban J connectivity index is 1.71. The van der Waals surface area contributed by atoms with Crippen LogP contribution in [0.25, 0.3) is 0 Å². The molecule has 2 aliphatic rings. The van der Waals surface area contributed by atoms with Gasteiger partial charge in [0, 0.05) is 20.1 Å². The Morgan fingerprint density at radius 2 is 2.04 bits per heavy atom. The van der Waals surface area contributed by atoms with Crippen LogP contribution in [0.15, 0.2) is 18.2 Å². The van der Waals surface area contributed by atoms with E-state index in [9.17, 15) is 13.2 Å². The Morgan fingerprint density at radius 3 is 2.81 bits per heavy atom. The average molecular weight is 382 g/mol. The second-order valence-corrected chi connectivity index (χ2v) is 8.86. The fourth-order valence-corrected chi connectivity index (χ4v) is 5.25. The lowest BCUT2D eigenvalue weighted by Crippen LogP contribution is -2.52. The highest BCUT2D eigenvalue weighted by atomic mass is 32.2. The number of likely N-dealkylation sites (N-methyl/N-ethyl adjacent to an activating group) is 1. The summed E-state index contributed by atoms with van der Waals surface area (Å²) in [7, 11) is -1.68. The van der Waals surface area contributed by atoms with Crippen molar-refractivity contribution in [2.45, 2.75) is 45.2 Å². The van der Waals surface area contributed by atoms with Gasteiger partial charge in [0.05, 0.1) is 5.75 Å².